The van der Waals surface area contributed by atoms with E-state index in [-0.39, 0.29) is 12.5 Å². The van der Waals surface area contributed by atoms with Gasteiger partial charge >= 0.3 is 0 Å². The third-order valence-corrected chi connectivity index (χ3v) is 3.93. The maximum absolute atomic E-state index is 12.4. The van der Waals surface area contributed by atoms with Crippen LogP contribution in [0.2, 0.25) is 0 Å². The number of nitrogens with zero attached hydrogens (tertiary/aromatic N) is 5. The summed E-state index contributed by atoms with van der Waals surface area (Å²) >= 11 is 0. The lowest BCUT2D eigenvalue weighted by atomic mass is 10.2. The van der Waals surface area contributed by atoms with Crippen molar-refractivity contribution in [2.75, 3.05) is 39.3 Å². The fourth-order valence-electron chi connectivity index (χ4n) is 2.68. The Hall–Kier alpha value is -2.19. The maximum atomic E-state index is 12.4. The standard InChI is InChI=1S/C15H21N5O3/c1-12-9-16-20(10-12)11-13-8-14(17-23-13)15(22)19-4-2-18(3-5-19)6-7-21/h8-10,21H,2-7,11H2,1H3. The van der Waals surface area contributed by atoms with Crippen LogP contribution in [-0.2, 0) is 6.54 Å². The van der Waals surface area contributed by atoms with Gasteiger partial charge in [-0.2, -0.15) is 5.10 Å². The molecular weight excluding hydrogens is 298 g/mol. The first-order chi connectivity index (χ1) is 11.2. The van der Waals surface area contributed by atoms with Crippen LogP contribution in [0.15, 0.2) is 23.0 Å². The number of aliphatic hydroxyl groups excluding tert-OH is 1. The van der Waals surface area contributed by atoms with Crippen molar-refractivity contribution < 1.29 is 14.4 Å². The first-order valence-corrected chi connectivity index (χ1v) is 7.73. The Kier molecular flexibility index (Phi) is 4.73. The van der Waals surface area contributed by atoms with Crippen molar-refractivity contribution in [2.24, 2.45) is 0 Å². The number of carbonyl (C=O) groups excluding carboxylic acids is 1. The van der Waals surface area contributed by atoms with E-state index in [1.165, 1.54) is 0 Å². The van der Waals surface area contributed by atoms with E-state index >= 15 is 0 Å². The van der Waals surface area contributed by atoms with Gasteiger partial charge in [-0.15, -0.1) is 0 Å². The number of hydrogen-bond donors (Lipinski definition) is 1. The second-order valence-electron chi connectivity index (χ2n) is 5.75. The molecule has 0 radical (unpaired) electrons. The molecule has 8 nitrogen and oxygen atoms in total. The van der Waals surface area contributed by atoms with E-state index in [4.69, 9.17) is 9.63 Å². The zero-order chi connectivity index (χ0) is 16.2. The van der Waals surface area contributed by atoms with Crippen LogP contribution in [0.1, 0.15) is 21.8 Å². The van der Waals surface area contributed by atoms with E-state index in [0.717, 1.165) is 18.7 Å². The largest absolute Gasteiger partial charge is 0.395 e. The van der Waals surface area contributed by atoms with Crippen molar-refractivity contribution >= 4 is 5.91 Å². The summed E-state index contributed by atoms with van der Waals surface area (Å²) < 4.78 is 7.00. The van der Waals surface area contributed by atoms with E-state index in [9.17, 15) is 4.79 Å². The topological polar surface area (TPSA) is 87.6 Å². The lowest BCUT2D eigenvalue weighted by Crippen LogP contribution is -2.49. The molecular formula is C15H21N5O3. The molecule has 0 saturated carbocycles. The van der Waals surface area contributed by atoms with Crippen molar-refractivity contribution in [3.8, 4) is 0 Å². The normalized spacial score (nSPS) is 16.0. The lowest BCUT2D eigenvalue weighted by molar-refractivity contribution is 0.0605. The number of aliphatic hydroxyl groups is 1. The van der Waals surface area contributed by atoms with E-state index in [0.29, 0.717) is 37.6 Å². The Morgan fingerprint density at radius 3 is 2.78 bits per heavy atom. The van der Waals surface area contributed by atoms with E-state index < -0.39 is 0 Å². The van der Waals surface area contributed by atoms with Gasteiger partial charge in [0.15, 0.2) is 11.5 Å². The monoisotopic (exact) mass is 319 g/mol. The van der Waals surface area contributed by atoms with Crippen LogP contribution >= 0.6 is 0 Å². The maximum Gasteiger partial charge on any atom is 0.276 e. The minimum Gasteiger partial charge on any atom is -0.395 e. The molecule has 0 aliphatic carbocycles. The molecule has 23 heavy (non-hydrogen) atoms. The average Bonchev–Trinajstić information content (AvgIpc) is 3.17. The van der Waals surface area contributed by atoms with E-state index in [1.54, 1.807) is 21.8 Å². The number of amides is 1. The summed E-state index contributed by atoms with van der Waals surface area (Å²) in [7, 11) is 0. The van der Waals surface area contributed by atoms with Crippen molar-refractivity contribution in [1.29, 1.82) is 0 Å². The molecule has 2 aromatic heterocycles. The Balaban J connectivity index is 1.58. The number of aryl methyl sites for hydroxylation is 1. The molecule has 0 unspecified atom stereocenters. The molecule has 0 atom stereocenters. The minimum atomic E-state index is -0.111. The molecule has 2 aromatic rings. The van der Waals surface area contributed by atoms with Gasteiger partial charge in [0.2, 0.25) is 0 Å². The van der Waals surface area contributed by atoms with E-state index in [2.05, 4.69) is 15.2 Å². The molecule has 1 amide bonds. The smallest absolute Gasteiger partial charge is 0.276 e. The molecule has 1 aliphatic rings. The SMILES string of the molecule is Cc1cnn(Cc2cc(C(=O)N3CCN(CCO)CC3)no2)c1. The first-order valence-electron chi connectivity index (χ1n) is 7.73. The number of aromatic nitrogens is 3. The Morgan fingerprint density at radius 2 is 2.13 bits per heavy atom. The fraction of sp³-hybridized carbons (Fsp3) is 0.533. The van der Waals surface area contributed by atoms with Crippen molar-refractivity contribution in [2.45, 2.75) is 13.5 Å². The summed E-state index contributed by atoms with van der Waals surface area (Å²) in [6.45, 7) is 6.03. The van der Waals surface area contributed by atoms with Gasteiger partial charge in [0.1, 0.15) is 6.54 Å². The van der Waals surface area contributed by atoms with Crippen LogP contribution in [0.25, 0.3) is 0 Å². The molecule has 1 aliphatic heterocycles. The molecule has 0 bridgehead atoms. The molecule has 0 spiro atoms. The highest BCUT2D eigenvalue weighted by Crippen LogP contribution is 2.11. The van der Waals surface area contributed by atoms with Crippen LogP contribution in [0.3, 0.4) is 0 Å². The third-order valence-electron chi connectivity index (χ3n) is 3.93. The zero-order valence-corrected chi connectivity index (χ0v) is 13.2. The van der Waals surface area contributed by atoms with Gasteiger partial charge in [0.05, 0.1) is 12.8 Å². The molecule has 3 rings (SSSR count). The number of rotatable bonds is 5. The predicted molar refractivity (Wildman–Crippen MR) is 82.0 cm³/mol. The van der Waals surface area contributed by atoms with Gasteiger partial charge in [0, 0.05) is 45.0 Å². The average molecular weight is 319 g/mol. The fourth-order valence-corrected chi connectivity index (χ4v) is 2.68. The highest BCUT2D eigenvalue weighted by atomic mass is 16.5. The third kappa shape index (κ3) is 3.77. The lowest BCUT2D eigenvalue weighted by Gasteiger charge is -2.33. The zero-order valence-electron chi connectivity index (χ0n) is 13.2. The number of β-amino-alcohol motifs (C(OH)–C–C–N with tert-alkyl or cyclic N) is 1. The number of piperazine rings is 1. The van der Waals surface area contributed by atoms with Gasteiger partial charge in [-0.25, -0.2) is 0 Å². The molecule has 1 fully saturated rings. The second-order valence-corrected chi connectivity index (χ2v) is 5.75. The minimum absolute atomic E-state index is 0.111. The van der Waals surface area contributed by atoms with E-state index in [1.807, 2.05) is 13.1 Å². The summed E-state index contributed by atoms with van der Waals surface area (Å²) in [5.41, 5.74) is 1.40. The number of carbonyl (C=O) groups is 1. The molecule has 3 heterocycles. The molecule has 1 saturated heterocycles. The highest BCUT2D eigenvalue weighted by molar-refractivity contribution is 5.92. The van der Waals surface area contributed by atoms with Gasteiger partial charge in [-0.3, -0.25) is 14.4 Å². The molecule has 1 N–H and O–H groups in total. The van der Waals surface area contributed by atoms with Crippen LogP contribution in [0.4, 0.5) is 0 Å². The van der Waals surface area contributed by atoms with Gasteiger partial charge in [0.25, 0.3) is 5.91 Å². The van der Waals surface area contributed by atoms with Crippen molar-refractivity contribution in [3.05, 3.63) is 35.5 Å². The van der Waals surface area contributed by atoms with Gasteiger partial charge in [-0.05, 0) is 12.5 Å². The molecule has 8 heteroatoms. The van der Waals surface area contributed by atoms with Crippen LogP contribution in [0.5, 0.6) is 0 Å². The Labute approximate surface area is 134 Å². The Bertz CT molecular complexity index is 658. The highest BCUT2D eigenvalue weighted by Gasteiger charge is 2.24. The van der Waals surface area contributed by atoms with Gasteiger partial charge < -0.3 is 14.5 Å². The van der Waals surface area contributed by atoms with Crippen LogP contribution < -0.4 is 0 Å². The Morgan fingerprint density at radius 1 is 1.35 bits per heavy atom. The van der Waals surface area contributed by atoms with Gasteiger partial charge in [-0.1, -0.05) is 5.16 Å². The molecule has 124 valence electrons. The molecule has 0 aromatic carbocycles. The quantitative estimate of drug-likeness (QED) is 0.833. The summed E-state index contributed by atoms with van der Waals surface area (Å²) in [5.74, 6) is 0.496. The summed E-state index contributed by atoms with van der Waals surface area (Å²) in [4.78, 5) is 16.4. The summed E-state index contributed by atoms with van der Waals surface area (Å²) in [6.07, 6.45) is 3.68. The van der Waals surface area contributed by atoms with Crippen LogP contribution in [-0.4, -0.2) is 75.1 Å². The summed E-state index contributed by atoms with van der Waals surface area (Å²) in [5, 5.41) is 17.0. The van der Waals surface area contributed by atoms with Crippen LogP contribution in [0, 0.1) is 6.92 Å². The predicted octanol–water partition coefficient (Wildman–Crippen LogP) is -0.0221. The first kappa shape index (κ1) is 15.7. The van der Waals surface area contributed by atoms with Crippen molar-refractivity contribution in [3.63, 3.8) is 0 Å². The number of hydrogen-bond acceptors (Lipinski definition) is 6. The van der Waals surface area contributed by atoms with Crippen molar-refractivity contribution in [1.82, 2.24) is 24.7 Å². The summed E-state index contributed by atoms with van der Waals surface area (Å²) in [6, 6.07) is 1.68. The second kappa shape index (κ2) is 6.93.